The van der Waals surface area contributed by atoms with Crippen LogP contribution in [0.3, 0.4) is 0 Å². The van der Waals surface area contributed by atoms with Gasteiger partial charge in [-0.3, -0.25) is 4.98 Å². The molecule has 0 saturated heterocycles. The quantitative estimate of drug-likeness (QED) is 0.789. The number of aliphatic hydroxyl groups excluding tert-OH is 1. The second kappa shape index (κ2) is 5.26. The number of rotatable bonds is 4. The number of aliphatic hydroxyl groups is 1. The van der Waals surface area contributed by atoms with Gasteiger partial charge >= 0.3 is 0 Å². The van der Waals surface area contributed by atoms with E-state index in [-0.39, 0.29) is 6.61 Å². The van der Waals surface area contributed by atoms with E-state index in [0.29, 0.717) is 11.4 Å². The SMILES string of the molecule is OC[C@@H](Oc1cccn2nccc12)c1ccc(F)cn1. The Hall–Kier alpha value is -2.47. The van der Waals surface area contributed by atoms with Gasteiger partial charge in [0.15, 0.2) is 6.10 Å². The number of nitrogens with zero attached hydrogens (tertiary/aromatic N) is 3. The molecule has 3 aromatic rings. The summed E-state index contributed by atoms with van der Waals surface area (Å²) in [5.41, 5.74) is 1.25. The Morgan fingerprint density at radius 1 is 1.30 bits per heavy atom. The van der Waals surface area contributed by atoms with Crippen LogP contribution in [0.1, 0.15) is 11.8 Å². The van der Waals surface area contributed by atoms with Crippen LogP contribution in [0, 0.1) is 5.82 Å². The topological polar surface area (TPSA) is 59.7 Å². The lowest BCUT2D eigenvalue weighted by atomic mass is 10.2. The predicted octanol–water partition coefficient (Wildman–Crippen LogP) is 1.98. The van der Waals surface area contributed by atoms with Gasteiger partial charge in [-0.05, 0) is 30.3 Å². The summed E-state index contributed by atoms with van der Waals surface area (Å²) in [4.78, 5) is 3.93. The van der Waals surface area contributed by atoms with E-state index < -0.39 is 11.9 Å². The second-order valence-electron chi connectivity index (χ2n) is 4.22. The van der Waals surface area contributed by atoms with E-state index in [2.05, 4.69) is 10.1 Å². The largest absolute Gasteiger partial charge is 0.479 e. The second-order valence-corrected chi connectivity index (χ2v) is 4.22. The highest BCUT2D eigenvalue weighted by Crippen LogP contribution is 2.24. The third-order valence-electron chi connectivity index (χ3n) is 2.91. The van der Waals surface area contributed by atoms with E-state index in [4.69, 9.17) is 4.74 Å². The summed E-state index contributed by atoms with van der Waals surface area (Å²) < 4.78 is 20.3. The minimum absolute atomic E-state index is 0.256. The molecule has 0 fully saturated rings. The molecule has 0 aliphatic heterocycles. The van der Waals surface area contributed by atoms with Crippen LogP contribution in [0.5, 0.6) is 5.75 Å². The van der Waals surface area contributed by atoms with Crippen LogP contribution < -0.4 is 4.74 Å². The lowest BCUT2D eigenvalue weighted by Gasteiger charge is -2.17. The molecule has 0 unspecified atom stereocenters. The van der Waals surface area contributed by atoms with Gasteiger partial charge in [-0.25, -0.2) is 8.91 Å². The van der Waals surface area contributed by atoms with E-state index in [1.807, 2.05) is 6.07 Å². The smallest absolute Gasteiger partial charge is 0.163 e. The molecular formula is C14H12FN3O2. The molecule has 6 heteroatoms. The van der Waals surface area contributed by atoms with Crippen LogP contribution in [0.15, 0.2) is 48.9 Å². The number of ether oxygens (including phenoxy) is 1. The van der Waals surface area contributed by atoms with E-state index >= 15 is 0 Å². The van der Waals surface area contributed by atoms with Gasteiger partial charge in [0.05, 0.1) is 24.7 Å². The summed E-state index contributed by atoms with van der Waals surface area (Å²) in [6, 6.07) is 8.16. The standard InChI is InChI=1S/C14H12FN3O2/c15-10-3-4-11(16-8-10)14(9-19)20-13-2-1-7-18-12(13)5-6-17-18/h1-8,14,19H,9H2/t14-/m1/s1. The van der Waals surface area contributed by atoms with Gasteiger partial charge in [0, 0.05) is 6.20 Å². The molecule has 3 heterocycles. The first kappa shape index (κ1) is 12.6. The Bertz CT molecular complexity index is 712. The van der Waals surface area contributed by atoms with Crippen LogP contribution in [0.25, 0.3) is 5.52 Å². The number of halogens is 1. The first-order valence-electron chi connectivity index (χ1n) is 6.09. The van der Waals surface area contributed by atoms with Crippen molar-refractivity contribution < 1.29 is 14.2 Å². The molecule has 0 aliphatic carbocycles. The summed E-state index contributed by atoms with van der Waals surface area (Å²) >= 11 is 0. The summed E-state index contributed by atoms with van der Waals surface area (Å²) in [6.45, 7) is -0.256. The summed E-state index contributed by atoms with van der Waals surface area (Å²) in [6.07, 6.45) is 3.90. The zero-order chi connectivity index (χ0) is 13.9. The highest BCUT2D eigenvalue weighted by atomic mass is 19.1. The van der Waals surface area contributed by atoms with E-state index in [1.165, 1.54) is 12.1 Å². The molecule has 0 radical (unpaired) electrons. The highest BCUT2D eigenvalue weighted by molar-refractivity contribution is 5.58. The van der Waals surface area contributed by atoms with E-state index in [1.54, 1.807) is 29.0 Å². The fourth-order valence-electron chi connectivity index (χ4n) is 1.95. The monoisotopic (exact) mass is 273 g/mol. The number of fused-ring (bicyclic) bond motifs is 1. The van der Waals surface area contributed by atoms with Crippen molar-refractivity contribution in [3.63, 3.8) is 0 Å². The molecule has 1 N–H and O–H groups in total. The number of aromatic nitrogens is 3. The molecule has 0 saturated carbocycles. The van der Waals surface area contributed by atoms with Crippen molar-refractivity contribution in [2.24, 2.45) is 0 Å². The van der Waals surface area contributed by atoms with Gasteiger partial charge in [0.25, 0.3) is 0 Å². The number of pyridine rings is 2. The molecule has 0 aliphatic rings. The molecular weight excluding hydrogens is 261 g/mol. The molecule has 0 aromatic carbocycles. The zero-order valence-electron chi connectivity index (χ0n) is 10.5. The maximum absolute atomic E-state index is 12.9. The van der Waals surface area contributed by atoms with E-state index in [0.717, 1.165) is 11.7 Å². The lowest BCUT2D eigenvalue weighted by molar-refractivity contribution is 0.114. The van der Waals surface area contributed by atoms with Crippen molar-refractivity contribution in [3.8, 4) is 5.75 Å². The van der Waals surface area contributed by atoms with Gasteiger partial charge in [-0.2, -0.15) is 5.10 Å². The van der Waals surface area contributed by atoms with Crippen molar-refractivity contribution >= 4 is 5.52 Å². The predicted molar refractivity (Wildman–Crippen MR) is 69.8 cm³/mol. The number of hydrogen-bond donors (Lipinski definition) is 1. The molecule has 1 atom stereocenters. The Kier molecular flexibility index (Phi) is 3.30. The Morgan fingerprint density at radius 3 is 2.95 bits per heavy atom. The van der Waals surface area contributed by atoms with Gasteiger partial charge < -0.3 is 9.84 Å². The third-order valence-corrected chi connectivity index (χ3v) is 2.91. The molecule has 3 aromatic heterocycles. The van der Waals surface area contributed by atoms with Crippen molar-refractivity contribution in [2.75, 3.05) is 6.61 Å². The summed E-state index contributed by atoms with van der Waals surface area (Å²) in [5, 5.41) is 13.6. The van der Waals surface area contributed by atoms with E-state index in [9.17, 15) is 9.50 Å². The fourth-order valence-corrected chi connectivity index (χ4v) is 1.95. The normalized spacial score (nSPS) is 12.5. The minimum atomic E-state index is -0.656. The molecule has 3 rings (SSSR count). The number of hydrogen-bond acceptors (Lipinski definition) is 4. The van der Waals surface area contributed by atoms with Crippen LogP contribution >= 0.6 is 0 Å². The van der Waals surface area contributed by atoms with Crippen molar-refractivity contribution in [1.29, 1.82) is 0 Å². The fraction of sp³-hybridized carbons (Fsp3) is 0.143. The van der Waals surface area contributed by atoms with Gasteiger partial charge in [0.1, 0.15) is 17.1 Å². The van der Waals surface area contributed by atoms with Crippen LogP contribution in [-0.4, -0.2) is 26.3 Å². The average molecular weight is 273 g/mol. The first-order chi connectivity index (χ1) is 9.78. The Balaban J connectivity index is 1.91. The zero-order valence-corrected chi connectivity index (χ0v) is 10.5. The van der Waals surface area contributed by atoms with Gasteiger partial charge in [-0.1, -0.05) is 0 Å². The van der Waals surface area contributed by atoms with Crippen molar-refractivity contribution in [1.82, 2.24) is 14.6 Å². The highest BCUT2D eigenvalue weighted by Gasteiger charge is 2.15. The molecule has 5 nitrogen and oxygen atoms in total. The average Bonchev–Trinajstić information content (AvgIpc) is 2.95. The maximum atomic E-state index is 12.9. The van der Waals surface area contributed by atoms with Gasteiger partial charge in [0.2, 0.25) is 0 Å². The Morgan fingerprint density at radius 2 is 2.20 bits per heavy atom. The molecule has 0 amide bonds. The van der Waals surface area contributed by atoms with Crippen molar-refractivity contribution in [3.05, 3.63) is 60.4 Å². The molecule has 0 spiro atoms. The first-order valence-corrected chi connectivity index (χ1v) is 6.09. The summed E-state index contributed by atoms with van der Waals surface area (Å²) in [7, 11) is 0. The molecule has 20 heavy (non-hydrogen) atoms. The third kappa shape index (κ3) is 2.33. The maximum Gasteiger partial charge on any atom is 0.163 e. The molecule has 0 bridgehead atoms. The van der Waals surface area contributed by atoms with Crippen LogP contribution in [0.4, 0.5) is 4.39 Å². The van der Waals surface area contributed by atoms with Crippen LogP contribution in [-0.2, 0) is 0 Å². The van der Waals surface area contributed by atoms with Gasteiger partial charge in [-0.15, -0.1) is 0 Å². The minimum Gasteiger partial charge on any atom is -0.479 e. The van der Waals surface area contributed by atoms with Crippen LogP contribution in [0.2, 0.25) is 0 Å². The van der Waals surface area contributed by atoms with Crippen molar-refractivity contribution in [2.45, 2.75) is 6.10 Å². The summed E-state index contributed by atoms with van der Waals surface area (Å²) in [5.74, 6) is 0.151. The lowest BCUT2D eigenvalue weighted by Crippen LogP contribution is -2.14. The Labute approximate surface area is 114 Å². The molecule has 102 valence electrons.